The van der Waals surface area contributed by atoms with E-state index in [2.05, 4.69) is 4.98 Å². The van der Waals surface area contributed by atoms with Crippen LogP contribution in [-0.2, 0) is 4.79 Å². The van der Waals surface area contributed by atoms with Crippen molar-refractivity contribution in [2.75, 3.05) is 0 Å². The highest BCUT2D eigenvalue weighted by molar-refractivity contribution is 7.07. The fraction of sp³-hybridized carbons (Fsp3) is 0.143. The lowest BCUT2D eigenvalue weighted by Crippen LogP contribution is -1.79. The first-order chi connectivity index (χ1) is 4.79. The number of ketones is 1. The van der Waals surface area contributed by atoms with E-state index in [4.69, 9.17) is 0 Å². The first-order valence-electron chi connectivity index (χ1n) is 2.86. The number of nitrogens with zero attached hydrogens (tertiary/aromatic N) is 1. The molecule has 0 aromatic carbocycles. The van der Waals surface area contributed by atoms with Gasteiger partial charge in [-0.3, -0.25) is 4.79 Å². The van der Waals surface area contributed by atoms with Gasteiger partial charge in [-0.05, 0) is 19.1 Å². The van der Waals surface area contributed by atoms with Gasteiger partial charge in [0, 0.05) is 5.38 Å². The van der Waals surface area contributed by atoms with E-state index in [1.54, 1.807) is 11.6 Å². The van der Waals surface area contributed by atoms with Crippen molar-refractivity contribution in [3.63, 3.8) is 0 Å². The van der Waals surface area contributed by atoms with Gasteiger partial charge in [0.15, 0.2) is 5.78 Å². The van der Waals surface area contributed by atoms with Gasteiger partial charge < -0.3 is 0 Å². The molecular formula is C7H7NOS. The number of thiazole rings is 1. The molecule has 1 heterocycles. The molecule has 1 aromatic heterocycles. The van der Waals surface area contributed by atoms with Crippen molar-refractivity contribution in [1.82, 2.24) is 4.98 Å². The zero-order chi connectivity index (χ0) is 7.40. The Morgan fingerprint density at radius 2 is 2.60 bits per heavy atom. The minimum atomic E-state index is 0.0491. The average molecular weight is 153 g/mol. The van der Waals surface area contributed by atoms with E-state index in [0.29, 0.717) is 0 Å². The van der Waals surface area contributed by atoms with Crippen LogP contribution in [0.25, 0.3) is 6.08 Å². The van der Waals surface area contributed by atoms with Crippen molar-refractivity contribution in [2.24, 2.45) is 0 Å². The van der Waals surface area contributed by atoms with Gasteiger partial charge in [0.1, 0.15) is 0 Å². The molecule has 0 atom stereocenters. The molecular weight excluding hydrogens is 146 g/mol. The molecule has 1 aromatic rings. The van der Waals surface area contributed by atoms with Gasteiger partial charge in [-0.2, -0.15) is 0 Å². The van der Waals surface area contributed by atoms with Crippen LogP contribution in [0.15, 0.2) is 17.0 Å². The second-order valence-electron chi connectivity index (χ2n) is 1.86. The highest BCUT2D eigenvalue weighted by atomic mass is 32.1. The van der Waals surface area contributed by atoms with E-state index in [1.807, 2.05) is 5.38 Å². The van der Waals surface area contributed by atoms with Crippen molar-refractivity contribution >= 4 is 23.2 Å². The Labute approximate surface area is 63.2 Å². The highest BCUT2D eigenvalue weighted by Gasteiger charge is 1.86. The number of carbonyl (C=O) groups excluding carboxylic acids is 1. The van der Waals surface area contributed by atoms with Gasteiger partial charge in [0.2, 0.25) is 0 Å². The van der Waals surface area contributed by atoms with Crippen LogP contribution in [0.3, 0.4) is 0 Å². The molecule has 0 amide bonds. The molecule has 52 valence electrons. The molecule has 0 N–H and O–H groups in total. The number of allylic oxidation sites excluding steroid dienone is 1. The molecule has 0 aliphatic heterocycles. The second-order valence-corrected chi connectivity index (χ2v) is 2.58. The molecule has 0 fully saturated rings. The Bertz CT molecular complexity index is 238. The van der Waals surface area contributed by atoms with Crippen LogP contribution in [-0.4, -0.2) is 10.8 Å². The average Bonchev–Trinajstić information content (AvgIpc) is 2.34. The van der Waals surface area contributed by atoms with Crippen LogP contribution in [0.1, 0.15) is 12.6 Å². The molecule has 0 aliphatic carbocycles. The minimum Gasteiger partial charge on any atom is -0.295 e. The number of hydrogen-bond donors (Lipinski definition) is 0. The van der Waals surface area contributed by atoms with Gasteiger partial charge in [0.05, 0.1) is 11.2 Å². The van der Waals surface area contributed by atoms with Gasteiger partial charge in [-0.1, -0.05) is 0 Å². The summed E-state index contributed by atoms with van der Waals surface area (Å²) in [4.78, 5) is 14.4. The smallest absolute Gasteiger partial charge is 0.152 e. The molecule has 1 rings (SSSR count). The molecule has 0 spiro atoms. The molecule has 0 saturated heterocycles. The summed E-state index contributed by atoms with van der Waals surface area (Å²) in [5, 5.41) is 1.89. The molecule has 0 radical (unpaired) electrons. The van der Waals surface area contributed by atoms with Crippen LogP contribution in [0, 0.1) is 0 Å². The summed E-state index contributed by atoms with van der Waals surface area (Å²) in [5.74, 6) is 0.0491. The molecule has 0 unspecified atom stereocenters. The lowest BCUT2D eigenvalue weighted by Gasteiger charge is -1.78. The van der Waals surface area contributed by atoms with Gasteiger partial charge in [0.25, 0.3) is 0 Å². The molecule has 2 nitrogen and oxygen atoms in total. The van der Waals surface area contributed by atoms with Crippen LogP contribution in [0.2, 0.25) is 0 Å². The lowest BCUT2D eigenvalue weighted by atomic mass is 10.3. The van der Waals surface area contributed by atoms with Crippen molar-refractivity contribution < 1.29 is 4.79 Å². The summed E-state index contributed by atoms with van der Waals surface area (Å²) < 4.78 is 0. The summed E-state index contributed by atoms with van der Waals surface area (Å²) in [6.45, 7) is 1.52. The number of hydrogen-bond acceptors (Lipinski definition) is 3. The molecule has 0 saturated carbocycles. The standard InChI is InChI=1S/C7H7NOS/c1-6(9)2-3-7-4-10-5-8-7/h2-5H,1H3/b3-2+. The highest BCUT2D eigenvalue weighted by Crippen LogP contribution is 2.02. The summed E-state index contributed by atoms with van der Waals surface area (Å²) >= 11 is 1.52. The first kappa shape index (κ1) is 7.15. The van der Waals surface area contributed by atoms with Crippen molar-refractivity contribution in [3.8, 4) is 0 Å². The van der Waals surface area contributed by atoms with E-state index < -0.39 is 0 Å². The Morgan fingerprint density at radius 3 is 3.10 bits per heavy atom. The van der Waals surface area contributed by atoms with E-state index in [0.717, 1.165) is 5.69 Å². The molecule has 10 heavy (non-hydrogen) atoms. The van der Waals surface area contributed by atoms with E-state index in [-0.39, 0.29) is 5.78 Å². The molecule has 0 aliphatic rings. The van der Waals surface area contributed by atoms with Crippen LogP contribution >= 0.6 is 11.3 Å². The summed E-state index contributed by atoms with van der Waals surface area (Å²) in [6.07, 6.45) is 3.22. The van der Waals surface area contributed by atoms with Crippen LogP contribution in [0.5, 0.6) is 0 Å². The minimum absolute atomic E-state index is 0.0491. The molecule has 0 bridgehead atoms. The fourth-order valence-corrected chi connectivity index (χ4v) is 1.03. The quantitative estimate of drug-likeness (QED) is 0.606. The lowest BCUT2D eigenvalue weighted by molar-refractivity contribution is -0.112. The van der Waals surface area contributed by atoms with E-state index >= 15 is 0 Å². The Balaban J connectivity index is 2.64. The largest absolute Gasteiger partial charge is 0.295 e. The van der Waals surface area contributed by atoms with Crippen molar-refractivity contribution in [1.29, 1.82) is 0 Å². The van der Waals surface area contributed by atoms with Crippen molar-refractivity contribution in [2.45, 2.75) is 6.92 Å². The second kappa shape index (κ2) is 3.27. The predicted molar refractivity (Wildman–Crippen MR) is 41.8 cm³/mol. The Morgan fingerprint density at radius 1 is 1.80 bits per heavy atom. The predicted octanol–water partition coefficient (Wildman–Crippen LogP) is 1.75. The summed E-state index contributed by atoms with van der Waals surface area (Å²) in [6, 6.07) is 0. The Kier molecular flexibility index (Phi) is 2.34. The SMILES string of the molecule is CC(=O)/C=C/c1cscn1. The zero-order valence-corrected chi connectivity index (χ0v) is 6.39. The first-order valence-corrected chi connectivity index (χ1v) is 3.80. The van der Waals surface area contributed by atoms with Crippen molar-refractivity contribution in [3.05, 3.63) is 22.7 Å². The zero-order valence-electron chi connectivity index (χ0n) is 5.57. The maximum Gasteiger partial charge on any atom is 0.152 e. The van der Waals surface area contributed by atoms with Gasteiger partial charge >= 0.3 is 0 Å². The third-order valence-electron chi connectivity index (χ3n) is 0.940. The molecule has 3 heteroatoms. The van der Waals surface area contributed by atoms with E-state index in [1.165, 1.54) is 24.3 Å². The van der Waals surface area contributed by atoms with Crippen LogP contribution in [0.4, 0.5) is 0 Å². The van der Waals surface area contributed by atoms with Crippen LogP contribution < -0.4 is 0 Å². The third kappa shape index (κ3) is 2.11. The summed E-state index contributed by atoms with van der Waals surface area (Å²) in [5.41, 5.74) is 2.58. The van der Waals surface area contributed by atoms with E-state index in [9.17, 15) is 4.79 Å². The maximum atomic E-state index is 10.4. The monoisotopic (exact) mass is 153 g/mol. The normalized spacial score (nSPS) is 10.5. The fourth-order valence-electron chi connectivity index (χ4n) is 0.507. The van der Waals surface area contributed by atoms with Gasteiger partial charge in [-0.25, -0.2) is 4.98 Å². The third-order valence-corrected chi connectivity index (χ3v) is 1.54. The van der Waals surface area contributed by atoms with Gasteiger partial charge in [-0.15, -0.1) is 11.3 Å². The Hall–Kier alpha value is -0.960. The number of aromatic nitrogens is 1. The topological polar surface area (TPSA) is 30.0 Å². The maximum absolute atomic E-state index is 10.4. The number of rotatable bonds is 2. The number of carbonyl (C=O) groups is 1. The summed E-state index contributed by atoms with van der Waals surface area (Å²) in [7, 11) is 0.